The molecule has 0 aliphatic carbocycles. The van der Waals surface area contributed by atoms with Gasteiger partial charge in [0.05, 0.1) is 0 Å². The highest BCUT2D eigenvalue weighted by Crippen LogP contribution is 2.35. The fourth-order valence-electron chi connectivity index (χ4n) is 3.62. The largest absolute Gasteiger partial charge is 0.295 e. The monoisotopic (exact) mass is 195 g/mol. The molecule has 0 unspecified atom stereocenters. The molecule has 2 heterocycles. The molecule has 14 heavy (non-hydrogen) atoms. The van der Waals surface area contributed by atoms with Crippen LogP contribution >= 0.6 is 0 Å². The summed E-state index contributed by atoms with van der Waals surface area (Å²) < 4.78 is 0. The maximum Gasteiger partial charge on any atom is 0.0101 e. The lowest BCUT2D eigenvalue weighted by molar-refractivity contribution is 0.00763. The summed E-state index contributed by atoms with van der Waals surface area (Å²) in [5.41, 5.74) is 0. The molecule has 2 aliphatic rings. The van der Waals surface area contributed by atoms with E-state index in [-0.39, 0.29) is 0 Å². The summed E-state index contributed by atoms with van der Waals surface area (Å²) in [6, 6.07) is 2.74. The molecule has 0 radical (unpaired) electrons. The third-order valence-electron chi connectivity index (χ3n) is 4.21. The second kappa shape index (κ2) is 4.65. The van der Waals surface area contributed by atoms with Crippen molar-refractivity contribution in [3.05, 3.63) is 0 Å². The summed E-state index contributed by atoms with van der Waals surface area (Å²) in [6.07, 6.45) is 11.6. The Hall–Kier alpha value is -0.0400. The van der Waals surface area contributed by atoms with E-state index >= 15 is 0 Å². The first kappa shape index (κ1) is 10.5. The van der Waals surface area contributed by atoms with E-state index in [1.165, 1.54) is 51.4 Å². The fourth-order valence-corrected chi connectivity index (χ4v) is 3.62. The molecular weight excluding hydrogens is 170 g/mol. The fraction of sp³-hybridized carbons (Fsp3) is 1.00. The first-order valence-corrected chi connectivity index (χ1v) is 6.60. The molecule has 3 atom stereocenters. The van der Waals surface area contributed by atoms with Crippen molar-refractivity contribution in [2.75, 3.05) is 0 Å². The van der Waals surface area contributed by atoms with Crippen LogP contribution in [0.5, 0.6) is 0 Å². The van der Waals surface area contributed by atoms with Crippen molar-refractivity contribution in [2.45, 2.75) is 83.3 Å². The molecule has 2 rings (SSSR count). The number of hydrogen-bond acceptors (Lipinski definition) is 1. The van der Waals surface area contributed by atoms with Gasteiger partial charge in [-0.15, -0.1) is 0 Å². The van der Waals surface area contributed by atoms with Crippen molar-refractivity contribution in [2.24, 2.45) is 0 Å². The summed E-state index contributed by atoms with van der Waals surface area (Å²) in [6.45, 7) is 4.78. The molecule has 1 heteroatoms. The highest BCUT2D eigenvalue weighted by molar-refractivity contribution is 4.90. The second-order valence-electron chi connectivity index (χ2n) is 5.25. The molecule has 2 saturated heterocycles. The van der Waals surface area contributed by atoms with E-state index in [1.54, 1.807) is 0 Å². The van der Waals surface area contributed by atoms with Crippen molar-refractivity contribution in [1.82, 2.24) is 4.90 Å². The summed E-state index contributed by atoms with van der Waals surface area (Å²) in [5, 5.41) is 0. The van der Waals surface area contributed by atoms with E-state index in [2.05, 4.69) is 18.7 Å². The Kier molecular flexibility index (Phi) is 3.48. The number of rotatable bonds is 2. The number of nitrogens with zero attached hydrogens (tertiary/aromatic N) is 1. The molecule has 1 nitrogen and oxygen atoms in total. The lowest BCUT2D eigenvalue weighted by Crippen LogP contribution is -2.53. The Balaban J connectivity index is 2.02. The lowest BCUT2D eigenvalue weighted by atomic mass is 9.84. The number of hydrogen-bond donors (Lipinski definition) is 0. The van der Waals surface area contributed by atoms with Crippen molar-refractivity contribution >= 4 is 0 Å². The SMILES string of the molecule is CCC[C@@H]1CCC[C@H]2CCC[C@@H](C)N21. The second-order valence-corrected chi connectivity index (χ2v) is 5.25. The Bertz CT molecular complexity index is 174. The summed E-state index contributed by atoms with van der Waals surface area (Å²) in [5.74, 6) is 0. The van der Waals surface area contributed by atoms with Crippen LogP contribution in [0.3, 0.4) is 0 Å². The molecule has 82 valence electrons. The lowest BCUT2D eigenvalue weighted by Gasteiger charge is -2.49. The van der Waals surface area contributed by atoms with E-state index in [1.807, 2.05) is 0 Å². The van der Waals surface area contributed by atoms with E-state index < -0.39 is 0 Å². The summed E-state index contributed by atoms with van der Waals surface area (Å²) >= 11 is 0. The van der Waals surface area contributed by atoms with Crippen molar-refractivity contribution in [3.8, 4) is 0 Å². The van der Waals surface area contributed by atoms with Gasteiger partial charge in [0, 0.05) is 18.1 Å². The van der Waals surface area contributed by atoms with Gasteiger partial charge in [-0.05, 0) is 39.0 Å². The average Bonchev–Trinajstić information content (AvgIpc) is 2.19. The van der Waals surface area contributed by atoms with Crippen LogP contribution in [-0.2, 0) is 0 Å². The molecule has 2 aliphatic heterocycles. The van der Waals surface area contributed by atoms with Crippen molar-refractivity contribution in [1.29, 1.82) is 0 Å². The van der Waals surface area contributed by atoms with E-state index in [0.717, 1.165) is 18.1 Å². The molecule has 0 aromatic carbocycles. The number of fused-ring (bicyclic) bond motifs is 1. The van der Waals surface area contributed by atoms with Crippen LogP contribution in [0.2, 0.25) is 0 Å². The zero-order valence-electron chi connectivity index (χ0n) is 9.84. The predicted molar refractivity (Wildman–Crippen MR) is 61.5 cm³/mol. The Morgan fingerprint density at radius 1 is 1.07 bits per heavy atom. The number of piperidine rings is 2. The first-order valence-electron chi connectivity index (χ1n) is 6.60. The van der Waals surface area contributed by atoms with Gasteiger partial charge in [0.25, 0.3) is 0 Å². The minimum Gasteiger partial charge on any atom is -0.295 e. The van der Waals surface area contributed by atoms with Crippen molar-refractivity contribution < 1.29 is 0 Å². The van der Waals surface area contributed by atoms with E-state index in [0.29, 0.717) is 0 Å². The molecule has 0 aromatic rings. The molecule has 0 saturated carbocycles. The smallest absolute Gasteiger partial charge is 0.0101 e. The Labute approximate surface area is 88.9 Å². The highest BCUT2D eigenvalue weighted by atomic mass is 15.2. The van der Waals surface area contributed by atoms with Crippen LogP contribution in [0.1, 0.15) is 65.2 Å². The summed E-state index contributed by atoms with van der Waals surface area (Å²) in [7, 11) is 0. The molecule has 0 bridgehead atoms. The quantitative estimate of drug-likeness (QED) is 0.651. The van der Waals surface area contributed by atoms with Crippen LogP contribution in [0.25, 0.3) is 0 Å². The van der Waals surface area contributed by atoms with Crippen LogP contribution < -0.4 is 0 Å². The van der Waals surface area contributed by atoms with E-state index in [4.69, 9.17) is 0 Å². The predicted octanol–water partition coefficient (Wildman–Crippen LogP) is 3.58. The van der Waals surface area contributed by atoms with Gasteiger partial charge in [0.15, 0.2) is 0 Å². The maximum absolute atomic E-state index is 2.87. The van der Waals surface area contributed by atoms with Gasteiger partial charge in [-0.2, -0.15) is 0 Å². The first-order chi connectivity index (χ1) is 6.83. The van der Waals surface area contributed by atoms with Gasteiger partial charge in [0.2, 0.25) is 0 Å². The van der Waals surface area contributed by atoms with Gasteiger partial charge in [-0.25, -0.2) is 0 Å². The molecule has 0 spiro atoms. The molecule has 2 fully saturated rings. The average molecular weight is 195 g/mol. The van der Waals surface area contributed by atoms with Crippen LogP contribution in [0, 0.1) is 0 Å². The topological polar surface area (TPSA) is 3.24 Å². The van der Waals surface area contributed by atoms with Crippen LogP contribution in [0.15, 0.2) is 0 Å². The van der Waals surface area contributed by atoms with E-state index in [9.17, 15) is 0 Å². The maximum atomic E-state index is 2.87. The van der Waals surface area contributed by atoms with Gasteiger partial charge >= 0.3 is 0 Å². The standard InChI is InChI=1S/C13H25N/c1-3-6-12-9-5-10-13-8-4-7-11(2)14(12)13/h11-13H,3-10H2,1-2H3/t11-,12-,13-/m1/s1. The molecule has 0 N–H and O–H groups in total. The van der Waals surface area contributed by atoms with Crippen LogP contribution in [-0.4, -0.2) is 23.0 Å². The van der Waals surface area contributed by atoms with Gasteiger partial charge < -0.3 is 0 Å². The zero-order valence-corrected chi connectivity index (χ0v) is 9.84. The molecule has 0 amide bonds. The summed E-state index contributed by atoms with van der Waals surface area (Å²) in [4.78, 5) is 2.87. The third-order valence-corrected chi connectivity index (χ3v) is 4.21. The normalized spacial score (nSPS) is 39.4. The Morgan fingerprint density at radius 2 is 1.79 bits per heavy atom. The van der Waals surface area contributed by atoms with Gasteiger partial charge in [-0.1, -0.05) is 26.2 Å². The van der Waals surface area contributed by atoms with Crippen molar-refractivity contribution in [3.63, 3.8) is 0 Å². The highest BCUT2D eigenvalue weighted by Gasteiger charge is 2.35. The molecule has 0 aromatic heterocycles. The Morgan fingerprint density at radius 3 is 2.50 bits per heavy atom. The molecular formula is C13H25N. The van der Waals surface area contributed by atoms with Gasteiger partial charge in [0.1, 0.15) is 0 Å². The minimum absolute atomic E-state index is 0.866. The van der Waals surface area contributed by atoms with Gasteiger partial charge in [-0.3, -0.25) is 4.90 Å². The minimum atomic E-state index is 0.866. The van der Waals surface area contributed by atoms with Crippen LogP contribution in [0.4, 0.5) is 0 Å². The zero-order chi connectivity index (χ0) is 9.97. The third kappa shape index (κ3) is 1.98.